The highest BCUT2D eigenvalue weighted by Crippen LogP contribution is 2.28. The van der Waals surface area contributed by atoms with E-state index in [1.165, 1.54) is 23.7 Å². The highest BCUT2D eigenvalue weighted by Gasteiger charge is 2.10. The molecule has 0 saturated heterocycles. The SMILES string of the molecule is Nc1nc(-c2cccc(-c3cnc4cc(-c5ccc(F)cc5)ccn34)c2)ns1. The van der Waals surface area contributed by atoms with Crippen molar-refractivity contribution >= 4 is 22.3 Å². The summed E-state index contributed by atoms with van der Waals surface area (Å²) >= 11 is 1.18. The van der Waals surface area contributed by atoms with Crippen molar-refractivity contribution < 1.29 is 4.39 Å². The highest BCUT2D eigenvalue weighted by molar-refractivity contribution is 7.09. The molecule has 0 bridgehead atoms. The van der Waals surface area contributed by atoms with Gasteiger partial charge in [0, 0.05) is 28.9 Å². The van der Waals surface area contributed by atoms with Gasteiger partial charge in [-0.15, -0.1) is 0 Å². The van der Waals surface area contributed by atoms with Crippen molar-refractivity contribution in [3.8, 4) is 33.8 Å². The van der Waals surface area contributed by atoms with Crippen molar-refractivity contribution in [1.82, 2.24) is 18.7 Å². The first-order valence-electron chi connectivity index (χ1n) is 8.60. The van der Waals surface area contributed by atoms with Gasteiger partial charge in [0.1, 0.15) is 11.5 Å². The van der Waals surface area contributed by atoms with E-state index in [1.807, 2.05) is 53.2 Å². The van der Waals surface area contributed by atoms with Gasteiger partial charge in [-0.1, -0.05) is 30.3 Å². The molecule has 0 spiro atoms. The molecule has 0 aliphatic rings. The van der Waals surface area contributed by atoms with E-state index < -0.39 is 0 Å². The number of nitrogens with zero attached hydrogens (tertiary/aromatic N) is 4. The summed E-state index contributed by atoms with van der Waals surface area (Å²) in [7, 11) is 0. The number of pyridine rings is 1. The summed E-state index contributed by atoms with van der Waals surface area (Å²) in [5.74, 6) is 0.376. The Morgan fingerprint density at radius 2 is 1.71 bits per heavy atom. The zero-order valence-corrected chi connectivity index (χ0v) is 15.4. The summed E-state index contributed by atoms with van der Waals surface area (Å²) in [6.07, 6.45) is 3.81. The lowest BCUT2D eigenvalue weighted by molar-refractivity contribution is 0.628. The van der Waals surface area contributed by atoms with Crippen molar-refractivity contribution in [2.45, 2.75) is 0 Å². The number of hydrogen-bond donors (Lipinski definition) is 1. The molecule has 2 N–H and O–H groups in total. The Kier molecular flexibility index (Phi) is 3.87. The first-order valence-corrected chi connectivity index (χ1v) is 9.38. The Hall–Kier alpha value is -3.58. The Balaban J connectivity index is 1.56. The summed E-state index contributed by atoms with van der Waals surface area (Å²) in [6, 6.07) is 18.4. The lowest BCUT2D eigenvalue weighted by Gasteiger charge is -2.06. The zero-order valence-electron chi connectivity index (χ0n) is 14.6. The molecule has 0 atom stereocenters. The second kappa shape index (κ2) is 6.54. The van der Waals surface area contributed by atoms with Crippen LogP contribution >= 0.6 is 11.5 Å². The van der Waals surface area contributed by atoms with Crippen LogP contribution in [0.3, 0.4) is 0 Å². The summed E-state index contributed by atoms with van der Waals surface area (Å²) in [4.78, 5) is 8.80. The van der Waals surface area contributed by atoms with Gasteiger partial charge in [-0.05, 0) is 41.5 Å². The predicted molar refractivity (Wildman–Crippen MR) is 109 cm³/mol. The number of imidazole rings is 1. The van der Waals surface area contributed by atoms with E-state index in [9.17, 15) is 4.39 Å². The monoisotopic (exact) mass is 387 g/mol. The molecule has 3 aromatic heterocycles. The third kappa shape index (κ3) is 2.91. The van der Waals surface area contributed by atoms with Crippen LogP contribution in [0.5, 0.6) is 0 Å². The fourth-order valence-electron chi connectivity index (χ4n) is 3.19. The van der Waals surface area contributed by atoms with Gasteiger partial charge >= 0.3 is 0 Å². The van der Waals surface area contributed by atoms with E-state index >= 15 is 0 Å². The average Bonchev–Trinajstić information content (AvgIpc) is 3.34. The van der Waals surface area contributed by atoms with Gasteiger partial charge in [-0.2, -0.15) is 9.36 Å². The lowest BCUT2D eigenvalue weighted by Crippen LogP contribution is -1.90. The summed E-state index contributed by atoms with van der Waals surface area (Å²) < 4.78 is 19.5. The second-order valence-electron chi connectivity index (χ2n) is 6.33. The minimum absolute atomic E-state index is 0.246. The predicted octanol–water partition coefficient (Wildman–Crippen LogP) is 4.91. The molecule has 0 aliphatic carbocycles. The van der Waals surface area contributed by atoms with E-state index in [2.05, 4.69) is 14.3 Å². The minimum Gasteiger partial charge on any atom is -0.374 e. The standard InChI is InChI=1S/C21H14FN5S/c22-17-6-4-13(5-7-17)14-8-9-27-18(12-24-19(27)11-14)15-2-1-3-16(10-15)20-25-21(23)28-26-20/h1-12H,(H2,23,25,26). The molecule has 7 heteroatoms. The molecule has 0 fully saturated rings. The number of rotatable bonds is 3. The molecule has 0 unspecified atom stereocenters. The summed E-state index contributed by atoms with van der Waals surface area (Å²) in [6.45, 7) is 0. The van der Waals surface area contributed by atoms with E-state index in [0.29, 0.717) is 11.0 Å². The number of fused-ring (bicyclic) bond motifs is 1. The topological polar surface area (TPSA) is 69.1 Å². The molecule has 28 heavy (non-hydrogen) atoms. The van der Waals surface area contributed by atoms with E-state index in [0.717, 1.165) is 33.6 Å². The van der Waals surface area contributed by atoms with Crippen LogP contribution in [0.25, 0.3) is 39.4 Å². The fourth-order valence-corrected chi connectivity index (χ4v) is 3.64. The van der Waals surface area contributed by atoms with Crippen molar-refractivity contribution in [3.05, 3.63) is 78.9 Å². The van der Waals surface area contributed by atoms with E-state index in [4.69, 9.17) is 5.73 Å². The van der Waals surface area contributed by atoms with Crippen LogP contribution in [-0.2, 0) is 0 Å². The first-order chi connectivity index (χ1) is 13.7. The molecule has 136 valence electrons. The van der Waals surface area contributed by atoms with Crippen LogP contribution in [-0.4, -0.2) is 18.7 Å². The quantitative estimate of drug-likeness (QED) is 0.478. The Bertz CT molecular complexity index is 1290. The van der Waals surface area contributed by atoms with Crippen LogP contribution in [0.15, 0.2) is 73.1 Å². The number of aromatic nitrogens is 4. The van der Waals surface area contributed by atoms with E-state index in [1.54, 1.807) is 12.1 Å². The van der Waals surface area contributed by atoms with Gasteiger partial charge in [0.05, 0.1) is 11.9 Å². The largest absolute Gasteiger partial charge is 0.374 e. The second-order valence-corrected chi connectivity index (χ2v) is 7.11. The Morgan fingerprint density at radius 3 is 2.50 bits per heavy atom. The molecule has 2 aromatic carbocycles. The molecule has 0 amide bonds. The molecule has 5 rings (SSSR count). The average molecular weight is 387 g/mol. The van der Waals surface area contributed by atoms with E-state index in [-0.39, 0.29) is 5.82 Å². The minimum atomic E-state index is -0.246. The molecular formula is C21H14FN5S. The third-order valence-corrected chi connectivity index (χ3v) is 5.09. The smallest absolute Gasteiger partial charge is 0.200 e. The van der Waals surface area contributed by atoms with Crippen molar-refractivity contribution in [3.63, 3.8) is 0 Å². The number of hydrogen-bond acceptors (Lipinski definition) is 5. The van der Waals surface area contributed by atoms with Gasteiger partial charge in [0.2, 0.25) is 0 Å². The molecule has 0 radical (unpaired) electrons. The summed E-state index contributed by atoms with van der Waals surface area (Å²) in [5, 5.41) is 0.448. The highest BCUT2D eigenvalue weighted by atomic mass is 32.1. The molecule has 5 aromatic rings. The molecule has 3 heterocycles. The Morgan fingerprint density at radius 1 is 0.893 bits per heavy atom. The van der Waals surface area contributed by atoms with Crippen LogP contribution < -0.4 is 5.73 Å². The van der Waals surface area contributed by atoms with Crippen molar-refractivity contribution in [1.29, 1.82) is 0 Å². The first kappa shape index (κ1) is 16.6. The third-order valence-electron chi connectivity index (χ3n) is 4.55. The number of anilines is 1. The van der Waals surface area contributed by atoms with Crippen LogP contribution in [0, 0.1) is 5.82 Å². The number of nitrogen functional groups attached to an aromatic ring is 1. The number of benzene rings is 2. The van der Waals surface area contributed by atoms with Crippen molar-refractivity contribution in [2.75, 3.05) is 5.73 Å². The van der Waals surface area contributed by atoms with Gasteiger partial charge < -0.3 is 5.73 Å². The summed E-state index contributed by atoms with van der Waals surface area (Å²) in [5.41, 5.74) is 11.3. The van der Waals surface area contributed by atoms with Crippen LogP contribution in [0.1, 0.15) is 0 Å². The van der Waals surface area contributed by atoms with Crippen LogP contribution in [0.2, 0.25) is 0 Å². The maximum atomic E-state index is 13.2. The maximum absolute atomic E-state index is 13.2. The maximum Gasteiger partial charge on any atom is 0.200 e. The van der Waals surface area contributed by atoms with Crippen molar-refractivity contribution in [2.24, 2.45) is 0 Å². The molecular weight excluding hydrogens is 373 g/mol. The normalized spacial score (nSPS) is 11.2. The zero-order chi connectivity index (χ0) is 19.1. The Labute approximate surface area is 164 Å². The lowest BCUT2D eigenvalue weighted by atomic mass is 10.1. The van der Waals surface area contributed by atoms with Gasteiger partial charge in [-0.3, -0.25) is 4.40 Å². The molecule has 0 saturated carbocycles. The fraction of sp³-hybridized carbons (Fsp3) is 0. The number of halogens is 1. The molecule has 0 aliphatic heterocycles. The molecule has 5 nitrogen and oxygen atoms in total. The van der Waals surface area contributed by atoms with Gasteiger partial charge in [0.25, 0.3) is 0 Å². The number of nitrogens with two attached hydrogens (primary N) is 1. The van der Waals surface area contributed by atoms with Gasteiger partial charge in [-0.25, -0.2) is 9.37 Å². The van der Waals surface area contributed by atoms with Crippen LogP contribution in [0.4, 0.5) is 9.52 Å². The van der Waals surface area contributed by atoms with Gasteiger partial charge in [0.15, 0.2) is 11.0 Å².